The number of carbonyl (C=O) groups excluding carboxylic acids is 1. The molecule has 0 saturated carbocycles. The number of nitrogens with zero attached hydrogens (tertiary/aromatic N) is 2. The van der Waals surface area contributed by atoms with Gasteiger partial charge in [0, 0.05) is 0 Å². The van der Waals surface area contributed by atoms with Gasteiger partial charge in [-0.2, -0.15) is 10.4 Å². The predicted molar refractivity (Wildman–Crippen MR) is 61.0 cm³/mol. The van der Waals surface area contributed by atoms with Crippen LogP contribution in [0, 0.1) is 11.3 Å². The number of aromatic nitrogens is 2. The molecule has 90 valence electrons. The number of aromatic amines is 1. The van der Waals surface area contributed by atoms with Crippen molar-refractivity contribution in [2.75, 3.05) is 5.32 Å². The summed E-state index contributed by atoms with van der Waals surface area (Å²) in [5.74, 6) is -1.35. The van der Waals surface area contributed by atoms with Crippen LogP contribution < -0.4 is 5.32 Å². The minimum absolute atomic E-state index is 0.102. The van der Waals surface area contributed by atoms with Crippen LogP contribution in [0.3, 0.4) is 0 Å². The highest BCUT2D eigenvalue weighted by atomic mass is 16.3. The summed E-state index contributed by atoms with van der Waals surface area (Å²) in [6.07, 6.45) is 1.25. The molecule has 1 heterocycles. The van der Waals surface area contributed by atoms with E-state index in [0.717, 1.165) is 0 Å². The van der Waals surface area contributed by atoms with Crippen LogP contribution in [0.2, 0.25) is 0 Å². The Hall–Kier alpha value is -3.01. The van der Waals surface area contributed by atoms with E-state index in [-0.39, 0.29) is 28.4 Å². The van der Waals surface area contributed by atoms with Crippen LogP contribution in [0.4, 0.5) is 5.82 Å². The van der Waals surface area contributed by atoms with Gasteiger partial charge in [0.2, 0.25) is 0 Å². The molecule has 7 nitrogen and oxygen atoms in total. The topological polar surface area (TPSA) is 122 Å². The zero-order valence-corrected chi connectivity index (χ0v) is 9.01. The van der Waals surface area contributed by atoms with E-state index in [2.05, 4.69) is 15.5 Å². The van der Waals surface area contributed by atoms with Crippen LogP contribution in [-0.2, 0) is 0 Å². The van der Waals surface area contributed by atoms with Gasteiger partial charge >= 0.3 is 0 Å². The van der Waals surface area contributed by atoms with Gasteiger partial charge in [-0.05, 0) is 12.1 Å². The zero-order chi connectivity index (χ0) is 13.1. The van der Waals surface area contributed by atoms with Gasteiger partial charge in [0.15, 0.2) is 0 Å². The first-order valence-electron chi connectivity index (χ1n) is 4.89. The van der Waals surface area contributed by atoms with Crippen molar-refractivity contribution in [2.45, 2.75) is 0 Å². The second kappa shape index (κ2) is 4.47. The number of H-pyrrole nitrogens is 1. The summed E-state index contributed by atoms with van der Waals surface area (Å²) < 4.78 is 0. The van der Waals surface area contributed by atoms with Crippen LogP contribution >= 0.6 is 0 Å². The molecule has 1 aromatic heterocycles. The first-order chi connectivity index (χ1) is 8.63. The second-order valence-electron chi connectivity index (χ2n) is 3.40. The number of benzene rings is 1. The fourth-order valence-corrected chi connectivity index (χ4v) is 1.40. The third kappa shape index (κ3) is 1.94. The summed E-state index contributed by atoms with van der Waals surface area (Å²) in [6, 6.07) is 5.77. The lowest BCUT2D eigenvalue weighted by Gasteiger charge is -2.06. The molecule has 0 unspecified atom stereocenters. The summed E-state index contributed by atoms with van der Waals surface area (Å²) in [6.45, 7) is 0. The Kier molecular flexibility index (Phi) is 2.85. The van der Waals surface area contributed by atoms with Crippen molar-refractivity contribution in [3.63, 3.8) is 0 Å². The Balaban J connectivity index is 2.31. The maximum Gasteiger partial charge on any atom is 0.264 e. The Bertz CT molecular complexity index is 622. The van der Waals surface area contributed by atoms with Gasteiger partial charge in [0.1, 0.15) is 34.5 Å². The summed E-state index contributed by atoms with van der Waals surface area (Å²) in [4.78, 5) is 11.8. The SMILES string of the molecule is N#Cc1cn[nH]c1NC(=O)c1c(O)cccc1O. The van der Waals surface area contributed by atoms with Crippen LogP contribution in [0.5, 0.6) is 11.5 Å². The number of amides is 1. The summed E-state index contributed by atoms with van der Waals surface area (Å²) in [7, 11) is 0. The molecular formula is C11H8N4O3. The summed E-state index contributed by atoms with van der Waals surface area (Å²) in [5.41, 5.74) is -0.116. The highest BCUT2D eigenvalue weighted by Crippen LogP contribution is 2.27. The van der Waals surface area contributed by atoms with E-state index in [1.807, 2.05) is 6.07 Å². The van der Waals surface area contributed by atoms with Crippen molar-refractivity contribution in [3.8, 4) is 17.6 Å². The number of anilines is 1. The van der Waals surface area contributed by atoms with Crippen molar-refractivity contribution < 1.29 is 15.0 Å². The van der Waals surface area contributed by atoms with Crippen LogP contribution in [0.25, 0.3) is 0 Å². The molecular weight excluding hydrogens is 236 g/mol. The van der Waals surface area contributed by atoms with E-state index < -0.39 is 5.91 Å². The van der Waals surface area contributed by atoms with Crippen molar-refractivity contribution in [3.05, 3.63) is 35.5 Å². The number of nitrogens with one attached hydrogen (secondary N) is 2. The third-order valence-electron chi connectivity index (χ3n) is 2.25. The molecule has 18 heavy (non-hydrogen) atoms. The van der Waals surface area contributed by atoms with Crippen molar-refractivity contribution >= 4 is 11.7 Å². The molecule has 4 N–H and O–H groups in total. The van der Waals surface area contributed by atoms with Gasteiger partial charge in [-0.1, -0.05) is 6.07 Å². The van der Waals surface area contributed by atoms with E-state index in [9.17, 15) is 15.0 Å². The number of aromatic hydroxyl groups is 2. The molecule has 1 amide bonds. The highest BCUT2D eigenvalue weighted by molar-refractivity contribution is 6.08. The molecule has 0 spiro atoms. The molecule has 0 aliphatic carbocycles. The van der Waals surface area contributed by atoms with Gasteiger partial charge in [-0.25, -0.2) is 0 Å². The van der Waals surface area contributed by atoms with Crippen LogP contribution in [0.1, 0.15) is 15.9 Å². The predicted octanol–water partition coefficient (Wildman–Crippen LogP) is 0.945. The molecule has 0 aliphatic heterocycles. The molecule has 0 aliphatic rings. The molecule has 2 rings (SSSR count). The third-order valence-corrected chi connectivity index (χ3v) is 2.25. The Morgan fingerprint density at radius 2 is 2.06 bits per heavy atom. The normalized spacial score (nSPS) is 9.72. The van der Waals surface area contributed by atoms with Gasteiger partial charge < -0.3 is 15.5 Å². The van der Waals surface area contributed by atoms with E-state index in [4.69, 9.17) is 5.26 Å². The van der Waals surface area contributed by atoms with Gasteiger partial charge in [0.25, 0.3) is 5.91 Å². The van der Waals surface area contributed by atoms with Crippen LogP contribution in [0.15, 0.2) is 24.4 Å². The minimum Gasteiger partial charge on any atom is -0.507 e. The first kappa shape index (κ1) is 11.5. The quantitative estimate of drug-likeness (QED) is 0.626. The Morgan fingerprint density at radius 1 is 1.39 bits per heavy atom. The molecule has 0 fully saturated rings. The lowest BCUT2D eigenvalue weighted by Crippen LogP contribution is -2.13. The maximum absolute atomic E-state index is 11.8. The average Bonchev–Trinajstić information content (AvgIpc) is 2.76. The fraction of sp³-hybridized carbons (Fsp3) is 0. The number of carbonyl (C=O) groups is 1. The van der Waals surface area contributed by atoms with Crippen molar-refractivity contribution in [2.24, 2.45) is 0 Å². The molecule has 0 saturated heterocycles. The second-order valence-corrected chi connectivity index (χ2v) is 3.40. The monoisotopic (exact) mass is 244 g/mol. The Labute approximate surface area is 101 Å². The van der Waals surface area contributed by atoms with Crippen molar-refractivity contribution in [1.29, 1.82) is 5.26 Å². The smallest absolute Gasteiger partial charge is 0.264 e. The number of phenolic OH excluding ortho intramolecular Hbond substituents is 2. The minimum atomic E-state index is -0.744. The number of hydrogen-bond donors (Lipinski definition) is 4. The van der Waals surface area contributed by atoms with E-state index in [0.29, 0.717) is 0 Å². The van der Waals surface area contributed by atoms with Gasteiger partial charge in [-0.3, -0.25) is 9.89 Å². The molecule has 1 aromatic carbocycles. The van der Waals surface area contributed by atoms with Crippen LogP contribution in [-0.4, -0.2) is 26.3 Å². The standard InChI is InChI=1S/C11H8N4O3/c12-4-6-5-13-15-10(6)14-11(18)9-7(16)2-1-3-8(9)17/h1-3,5,16-17H,(H2,13,14,15,18). The zero-order valence-electron chi connectivity index (χ0n) is 9.01. The molecule has 0 bridgehead atoms. The molecule has 0 radical (unpaired) electrons. The molecule has 7 heteroatoms. The lowest BCUT2D eigenvalue weighted by atomic mass is 10.1. The first-order valence-corrected chi connectivity index (χ1v) is 4.89. The van der Waals surface area contributed by atoms with Crippen molar-refractivity contribution in [1.82, 2.24) is 10.2 Å². The lowest BCUT2D eigenvalue weighted by molar-refractivity contribution is 0.102. The van der Waals surface area contributed by atoms with E-state index in [1.54, 1.807) is 0 Å². The molecule has 2 aromatic rings. The van der Waals surface area contributed by atoms with Gasteiger partial charge in [-0.15, -0.1) is 0 Å². The number of hydrogen-bond acceptors (Lipinski definition) is 5. The van der Waals surface area contributed by atoms with E-state index >= 15 is 0 Å². The average molecular weight is 244 g/mol. The summed E-state index contributed by atoms with van der Waals surface area (Å²) in [5, 5.41) is 36.1. The maximum atomic E-state index is 11.8. The highest BCUT2D eigenvalue weighted by Gasteiger charge is 2.17. The van der Waals surface area contributed by atoms with Gasteiger partial charge in [0.05, 0.1) is 6.20 Å². The van der Waals surface area contributed by atoms with E-state index in [1.165, 1.54) is 24.4 Å². The Morgan fingerprint density at radius 3 is 2.67 bits per heavy atom. The fourth-order valence-electron chi connectivity index (χ4n) is 1.40. The number of phenols is 2. The summed E-state index contributed by atoms with van der Waals surface area (Å²) >= 11 is 0. The number of rotatable bonds is 2. The largest absolute Gasteiger partial charge is 0.507 e. The number of nitriles is 1. The molecule has 0 atom stereocenters.